The van der Waals surface area contributed by atoms with Gasteiger partial charge in [0.25, 0.3) is 0 Å². The number of carbonyl (C=O) groups is 1. The van der Waals surface area contributed by atoms with Crippen LogP contribution in [0.5, 0.6) is 5.75 Å². The minimum Gasteiger partial charge on any atom is -0.490 e. The van der Waals surface area contributed by atoms with E-state index in [1.54, 1.807) is 12.1 Å². The molecule has 5 heteroatoms. The molecule has 1 aromatic rings. The maximum atomic E-state index is 11.5. The van der Waals surface area contributed by atoms with E-state index in [0.717, 1.165) is 26.2 Å². The number of ketones is 1. The number of benzene rings is 1. The molecular weight excluding hydrogens is 268 g/mol. The van der Waals surface area contributed by atoms with Crippen LogP contribution in [0.2, 0.25) is 0 Å². The van der Waals surface area contributed by atoms with Crippen LogP contribution in [0.4, 0.5) is 0 Å². The van der Waals surface area contributed by atoms with Gasteiger partial charge in [-0.1, -0.05) is 12.1 Å². The number of rotatable bonds is 6. The number of nitrogens with zero attached hydrogens (tertiary/aromatic N) is 2. The van der Waals surface area contributed by atoms with Gasteiger partial charge >= 0.3 is 0 Å². The number of aliphatic hydroxyl groups excluding tert-OH is 1. The molecule has 1 aromatic carbocycles. The Morgan fingerprint density at radius 3 is 2.62 bits per heavy atom. The zero-order chi connectivity index (χ0) is 15.2. The summed E-state index contributed by atoms with van der Waals surface area (Å²) in [6.07, 6.45) is -0.548. The lowest BCUT2D eigenvalue weighted by atomic mass is 10.1. The first-order valence-electron chi connectivity index (χ1n) is 7.38. The molecule has 0 spiro atoms. The summed E-state index contributed by atoms with van der Waals surface area (Å²) < 4.78 is 5.61. The Morgan fingerprint density at radius 1 is 1.29 bits per heavy atom. The predicted octanol–water partition coefficient (Wildman–Crippen LogP) is 0.876. The second kappa shape index (κ2) is 7.54. The average Bonchev–Trinajstić information content (AvgIpc) is 2.48. The highest BCUT2D eigenvalue weighted by molar-refractivity contribution is 5.96. The van der Waals surface area contributed by atoms with Gasteiger partial charge < -0.3 is 14.7 Å². The molecule has 0 radical (unpaired) electrons. The molecular formula is C16H24N2O3. The van der Waals surface area contributed by atoms with E-state index < -0.39 is 6.10 Å². The summed E-state index contributed by atoms with van der Waals surface area (Å²) in [5.41, 5.74) is 0.560. The molecule has 21 heavy (non-hydrogen) atoms. The summed E-state index contributed by atoms with van der Waals surface area (Å²) >= 11 is 0. The van der Waals surface area contributed by atoms with E-state index in [2.05, 4.69) is 16.8 Å². The van der Waals surface area contributed by atoms with E-state index in [9.17, 15) is 9.90 Å². The quantitative estimate of drug-likeness (QED) is 0.789. The molecule has 1 aliphatic heterocycles. The number of ether oxygens (including phenoxy) is 1. The lowest BCUT2D eigenvalue weighted by Gasteiger charge is -2.33. The van der Waals surface area contributed by atoms with E-state index in [0.29, 0.717) is 17.9 Å². The number of β-amino-alcohol motifs (C(OH)–C–C–N with tert-alkyl or cyclic N) is 1. The normalized spacial score (nSPS) is 18.4. The molecule has 1 aliphatic rings. The van der Waals surface area contributed by atoms with Gasteiger partial charge in [0.05, 0.1) is 5.56 Å². The van der Waals surface area contributed by atoms with Gasteiger partial charge in [0.2, 0.25) is 0 Å². The molecule has 5 nitrogen and oxygen atoms in total. The third-order valence-corrected chi connectivity index (χ3v) is 3.76. The van der Waals surface area contributed by atoms with Crippen LogP contribution in [0.15, 0.2) is 24.3 Å². The Hall–Kier alpha value is -1.43. The van der Waals surface area contributed by atoms with Crippen LogP contribution in [0, 0.1) is 0 Å². The molecule has 0 aliphatic carbocycles. The maximum absolute atomic E-state index is 11.5. The molecule has 0 bridgehead atoms. The number of hydrogen-bond acceptors (Lipinski definition) is 5. The number of hydrogen-bond donors (Lipinski definition) is 1. The van der Waals surface area contributed by atoms with Crippen molar-refractivity contribution in [3.63, 3.8) is 0 Å². The first kappa shape index (κ1) is 15.9. The fourth-order valence-corrected chi connectivity index (χ4v) is 2.45. The van der Waals surface area contributed by atoms with E-state index in [1.165, 1.54) is 6.92 Å². The summed E-state index contributed by atoms with van der Waals surface area (Å²) in [7, 11) is 2.11. The first-order valence-corrected chi connectivity index (χ1v) is 7.38. The lowest BCUT2D eigenvalue weighted by molar-refractivity contribution is 0.0501. The second-order valence-corrected chi connectivity index (χ2v) is 5.62. The minimum atomic E-state index is -0.548. The van der Waals surface area contributed by atoms with Gasteiger partial charge in [-0.15, -0.1) is 0 Å². The molecule has 1 N–H and O–H groups in total. The molecule has 1 saturated heterocycles. The summed E-state index contributed by atoms with van der Waals surface area (Å²) in [6.45, 7) is 6.33. The van der Waals surface area contributed by atoms with Crippen molar-refractivity contribution in [2.75, 3.05) is 46.4 Å². The molecule has 1 heterocycles. The van der Waals surface area contributed by atoms with Gasteiger partial charge in [-0.05, 0) is 26.1 Å². The lowest BCUT2D eigenvalue weighted by Crippen LogP contribution is -2.47. The summed E-state index contributed by atoms with van der Waals surface area (Å²) in [5.74, 6) is 0.515. The highest BCUT2D eigenvalue weighted by Crippen LogP contribution is 2.18. The largest absolute Gasteiger partial charge is 0.490 e. The van der Waals surface area contributed by atoms with Crippen molar-refractivity contribution in [1.29, 1.82) is 0 Å². The SMILES string of the molecule is CC(=O)c1ccccc1OC[C@@H](O)CN1CCN(C)CC1. The van der Waals surface area contributed by atoms with Gasteiger partial charge in [0, 0.05) is 32.7 Å². The highest BCUT2D eigenvalue weighted by atomic mass is 16.5. The van der Waals surface area contributed by atoms with E-state index in [4.69, 9.17) is 4.74 Å². The summed E-state index contributed by atoms with van der Waals surface area (Å²) in [6, 6.07) is 7.14. The topological polar surface area (TPSA) is 53.0 Å². The standard InChI is InChI=1S/C16H24N2O3/c1-13(19)15-5-3-4-6-16(15)21-12-14(20)11-18-9-7-17(2)8-10-18/h3-6,14,20H,7-12H2,1-2H3/t14-/m0/s1. The van der Waals surface area contributed by atoms with Crippen LogP contribution in [-0.4, -0.2) is 73.2 Å². The Kier molecular flexibility index (Phi) is 5.73. The zero-order valence-electron chi connectivity index (χ0n) is 12.8. The number of likely N-dealkylation sites (N-methyl/N-ethyl adjacent to an activating group) is 1. The maximum Gasteiger partial charge on any atom is 0.163 e. The molecule has 1 fully saturated rings. The molecule has 116 valence electrons. The summed E-state index contributed by atoms with van der Waals surface area (Å²) in [5, 5.41) is 10.1. The predicted molar refractivity (Wildman–Crippen MR) is 81.9 cm³/mol. The summed E-state index contributed by atoms with van der Waals surface area (Å²) in [4.78, 5) is 16.0. The van der Waals surface area contributed by atoms with Crippen LogP contribution in [-0.2, 0) is 0 Å². The van der Waals surface area contributed by atoms with E-state index >= 15 is 0 Å². The Morgan fingerprint density at radius 2 is 1.95 bits per heavy atom. The third kappa shape index (κ3) is 4.81. The van der Waals surface area contributed by atoms with E-state index in [1.807, 2.05) is 12.1 Å². The van der Waals surface area contributed by atoms with Gasteiger partial charge in [-0.2, -0.15) is 0 Å². The van der Waals surface area contributed by atoms with Crippen molar-refractivity contribution >= 4 is 5.78 Å². The van der Waals surface area contributed by atoms with Gasteiger partial charge in [-0.3, -0.25) is 9.69 Å². The monoisotopic (exact) mass is 292 g/mol. The van der Waals surface area contributed by atoms with Crippen LogP contribution in [0.1, 0.15) is 17.3 Å². The smallest absolute Gasteiger partial charge is 0.163 e. The Bertz CT molecular complexity index is 470. The Balaban J connectivity index is 1.81. The number of Topliss-reactive ketones (excluding diaryl/α,β-unsaturated/α-hetero) is 1. The second-order valence-electron chi connectivity index (χ2n) is 5.62. The van der Waals surface area contributed by atoms with Crippen LogP contribution < -0.4 is 4.74 Å². The van der Waals surface area contributed by atoms with Gasteiger partial charge in [0.1, 0.15) is 18.5 Å². The number of carbonyl (C=O) groups excluding carboxylic acids is 1. The van der Waals surface area contributed by atoms with Crippen LogP contribution >= 0.6 is 0 Å². The fraction of sp³-hybridized carbons (Fsp3) is 0.562. The fourth-order valence-electron chi connectivity index (χ4n) is 2.45. The molecule has 0 amide bonds. The molecule has 0 saturated carbocycles. The van der Waals surface area contributed by atoms with Crippen molar-refractivity contribution in [3.8, 4) is 5.75 Å². The molecule has 1 atom stereocenters. The Labute approximate surface area is 126 Å². The highest BCUT2D eigenvalue weighted by Gasteiger charge is 2.18. The number of aliphatic hydroxyl groups is 1. The van der Waals surface area contributed by atoms with Gasteiger partial charge in [-0.25, -0.2) is 0 Å². The third-order valence-electron chi connectivity index (χ3n) is 3.76. The van der Waals surface area contributed by atoms with Gasteiger partial charge in [0.15, 0.2) is 5.78 Å². The minimum absolute atomic E-state index is 0.0286. The number of piperazine rings is 1. The molecule has 0 aromatic heterocycles. The zero-order valence-corrected chi connectivity index (χ0v) is 12.8. The average molecular weight is 292 g/mol. The van der Waals surface area contributed by atoms with Crippen molar-refractivity contribution in [2.45, 2.75) is 13.0 Å². The number of para-hydroxylation sites is 1. The molecule has 0 unspecified atom stereocenters. The van der Waals surface area contributed by atoms with E-state index in [-0.39, 0.29) is 12.4 Å². The first-order chi connectivity index (χ1) is 10.1. The van der Waals surface area contributed by atoms with Crippen molar-refractivity contribution in [3.05, 3.63) is 29.8 Å². The molecule has 2 rings (SSSR count). The van der Waals surface area contributed by atoms with Crippen molar-refractivity contribution in [2.24, 2.45) is 0 Å². The van der Waals surface area contributed by atoms with Crippen LogP contribution in [0.3, 0.4) is 0 Å². The van der Waals surface area contributed by atoms with Crippen LogP contribution in [0.25, 0.3) is 0 Å². The van der Waals surface area contributed by atoms with Crippen molar-refractivity contribution in [1.82, 2.24) is 9.80 Å². The van der Waals surface area contributed by atoms with Crippen molar-refractivity contribution < 1.29 is 14.6 Å².